The summed E-state index contributed by atoms with van der Waals surface area (Å²) in [6.07, 6.45) is 4.23. The fourth-order valence-electron chi connectivity index (χ4n) is 2.96. The first-order valence-electron chi connectivity index (χ1n) is 8.01. The molecular formula is C17H25ClN2O2. The summed E-state index contributed by atoms with van der Waals surface area (Å²) >= 11 is 6.16. The fourth-order valence-corrected chi connectivity index (χ4v) is 3.17. The number of nitrogens with zero attached hydrogens (tertiary/aromatic N) is 1. The highest BCUT2D eigenvalue weighted by Gasteiger charge is 2.22. The van der Waals surface area contributed by atoms with Crippen LogP contribution in [0.1, 0.15) is 41.6 Å². The van der Waals surface area contributed by atoms with Crippen molar-refractivity contribution < 1.29 is 9.90 Å². The summed E-state index contributed by atoms with van der Waals surface area (Å²) in [6.45, 7) is 4.87. The van der Waals surface area contributed by atoms with E-state index in [2.05, 4.69) is 10.2 Å². The van der Waals surface area contributed by atoms with E-state index in [0.717, 1.165) is 37.9 Å². The fraction of sp³-hybridized carbons (Fsp3) is 0.588. The summed E-state index contributed by atoms with van der Waals surface area (Å²) in [4.78, 5) is 14.4. The Morgan fingerprint density at radius 3 is 3.05 bits per heavy atom. The standard InChI is InChI=1S/C17H25ClN2O2/c1-13-6-4-8-15(16(13)18)17(22)19-9-2-3-10-20-11-5-7-14(20)12-21/h4,6,8,14,21H,2-3,5,7,9-12H2,1H3,(H,19,22). The Hall–Kier alpha value is -1.10. The second-order valence-corrected chi connectivity index (χ2v) is 6.29. The van der Waals surface area contributed by atoms with Crippen LogP contribution in [0.25, 0.3) is 0 Å². The Morgan fingerprint density at radius 1 is 1.45 bits per heavy atom. The molecule has 1 aromatic carbocycles. The van der Waals surface area contributed by atoms with Crippen molar-refractivity contribution in [2.45, 2.75) is 38.6 Å². The van der Waals surface area contributed by atoms with Crippen LogP contribution in [0.3, 0.4) is 0 Å². The van der Waals surface area contributed by atoms with E-state index in [1.165, 1.54) is 6.42 Å². The van der Waals surface area contributed by atoms with Gasteiger partial charge in [-0.3, -0.25) is 9.69 Å². The summed E-state index contributed by atoms with van der Waals surface area (Å²) in [5.74, 6) is -0.108. The molecule has 5 heteroatoms. The molecular weight excluding hydrogens is 300 g/mol. The summed E-state index contributed by atoms with van der Waals surface area (Å²) < 4.78 is 0. The highest BCUT2D eigenvalue weighted by atomic mass is 35.5. The largest absolute Gasteiger partial charge is 0.395 e. The lowest BCUT2D eigenvalue weighted by Crippen LogP contribution is -2.33. The van der Waals surface area contributed by atoms with E-state index in [0.29, 0.717) is 23.2 Å². The first kappa shape index (κ1) is 17.3. The third-order valence-electron chi connectivity index (χ3n) is 4.30. The summed E-state index contributed by atoms with van der Waals surface area (Å²) in [5, 5.41) is 12.7. The molecule has 0 saturated carbocycles. The number of rotatable bonds is 7. The molecule has 1 aliphatic rings. The average molecular weight is 325 g/mol. The van der Waals surface area contributed by atoms with Gasteiger partial charge in [-0.1, -0.05) is 23.7 Å². The predicted octanol–water partition coefficient (Wildman–Crippen LogP) is 2.62. The number of benzene rings is 1. The topological polar surface area (TPSA) is 52.6 Å². The molecule has 1 unspecified atom stereocenters. The van der Waals surface area contributed by atoms with Crippen molar-refractivity contribution in [2.75, 3.05) is 26.2 Å². The van der Waals surface area contributed by atoms with E-state index in [1.54, 1.807) is 6.07 Å². The lowest BCUT2D eigenvalue weighted by molar-refractivity contribution is 0.0952. The third-order valence-corrected chi connectivity index (χ3v) is 4.81. The van der Waals surface area contributed by atoms with E-state index in [-0.39, 0.29) is 12.5 Å². The van der Waals surface area contributed by atoms with Crippen LogP contribution in [-0.2, 0) is 0 Å². The number of carbonyl (C=O) groups excluding carboxylic acids is 1. The Balaban J connectivity index is 1.68. The van der Waals surface area contributed by atoms with Gasteiger partial charge < -0.3 is 10.4 Å². The molecule has 2 rings (SSSR count). The normalized spacial score (nSPS) is 18.6. The summed E-state index contributed by atoms with van der Waals surface area (Å²) in [7, 11) is 0. The van der Waals surface area contributed by atoms with Crippen molar-refractivity contribution in [2.24, 2.45) is 0 Å². The van der Waals surface area contributed by atoms with E-state index in [4.69, 9.17) is 11.6 Å². The molecule has 1 heterocycles. The zero-order valence-corrected chi connectivity index (χ0v) is 13.9. The van der Waals surface area contributed by atoms with Crippen molar-refractivity contribution in [1.82, 2.24) is 10.2 Å². The second kappa shape index (κ2) is 8.51. The molecule has 0 radical (unpaired) electrons. The molecule has 1 amide bonds. The smallest absolute Gasteiger partial charge is 0.252 e. The second-order valence-electron chi connectivity index (χ2n) is 5.91. The van der Waals surface area contributed by atoms with Crippen LogP contribution >= 0.6 is 11.6 Å². The van der Waals surface area contributed by atoms with Gasteiger partial charge in [-0.05, 0) is 57.3 Å². The minimum absolute atomic E-state index is 0.108. The molecule has 1 aromatic rings. The maximum Gasteiger partial charge on any atom is 0.252 e. The average Bonchev–Trinajstić information content (AvgIpc) is 2.97. The zero-order chi connectivity index (χ0) is 15.9. The lowest BCUT2D eigenvalue weighted by atomic mass is 10.1. The van der Waals surface area contributed by atoms with E-state index < -0.39 is 0 Å². The van der Waals surface area contributed by atoms with Gasteiger partial charge in [0.15, 0.2) is 0 Å². The molecule has 2 N–H and O–H groups in total. The third kappa shape index (κ3) is 4.45. The van der Waals surface area contributed by atoms with Crippen molar-refractivity contribution in [3.63, 3.8) is 0 Å². The van der Waals surface area contributed by atoms with Gasteiger partial charge in [0.2, 0.25) is 0 Å². The lowest BCUT2D eigenvalue weighted by Gasteiger charge is -2.22. The number of hydrogen-bond acceptors (Lipinski definition) is 3. The van der Waals surface area contributed by atoms with Gasteiger partial charge in [0.25, 0.3) is 5.91 Å². The summed E-state index contributed by atoms with van der Waals surface area (Å²) in [5.41, 5.74) is 1.46. The highest BCUT2D eigenvalue weighted by Crippen LogP contribution is 2.20. The molecule has 0 bridgehead atoms. The van der Waals surface area contributed by atoms with Gasteiger partial charge in [-0.25, -0.2) is 0 Å². The highest BCUT2D eigenvalue weighted by molar-refractivity contribution is 6.34. The van der Waals surface area contributed by atoms with Gasteiger partial charge >= 0.3 is 0 Å². The zero-order valence-electron chi connectivity index (χ0n) is 13.1. The quantitative estimate of drug-likeness (QED) is 0.758. The number of nitrogens with one attached hydrogen (secondary N) is 1. The molecule has 0 aromatic heterocycles. The van der Waals surface area contributed by atoms with E-state index in [9.17, 15) is 9.90 Å². The molecule has 4 nitrogen and oxygen atoms in total. The molecule has 1 aliphatic heterocycles. The number of likely N-dealkylation sites (tertiary alicyclic amines) is 1. The van der Waals surface area contributed by atoms with Crippen molar-refractivity contribution in [3.05, 3.63) is 34.3 Å². The van der Waals surface area contributed by atoms with E-state index >= 15 is 0 Å². The van der Waals surface area contributed by atoms with Gasteiger partial charge in [0, 0.05) is 12.6 Å². The monoisotopic (exact) mass is 324 g/mol. The maximum atomic E-state index is 12.1. The predicted molar refractivity (Wildman–Crippen MR) is 89.4 cm³/mol. The van der Waals surface area contributed by atoms with E-state index in [1.807, 2.05) is 19.1 Å². The van der Waals surface area contributed by atoms with Crippen LogP contribution in [-0.4, -0.2) is 48.2 Å². The SMILES string of the molecule is Cc1cccc(C(=O)NCCCCN2CCCC2CO)c1Cl. The number of hydrogen-bond donors (Lipinski definition) is 2. The molecule has 22 heavy (non-hydrogen) atoms. The van der Waals surface area contributed by atoms with Crippen LogP contribution in [0.5, 0.6) is 0 Å². The minimum atomic E-state index is -0.108. The Labute approximate surface area is 137 Å². The number of aliphatic hydroxyl groups excluding tert-OH is 1. The number of carbonyl (C=O) groups is 1. The van der Waals surface area contributed by atoms with Gasteiger partial charge in [-0.2, -0.15) is 0 Å². The van der Waals surface area contributed by atoms with Gasteiger partial charge in [0.05, 0.1) is 17.2 Å². The molecule has 1 fully saturated rings. The number of amides is 1. The molecule has 0 spiro atoms. The van der Waals surface area contributed by atoms with Gasteiger partial charge in [0.1, 0.15) is 0 Å². The van der Waals surface area contributed by atoms with Crippen LogP contribution < -0.4 is 5.32 Å². The van der Waals surface area contributed by atoms with Gasteiger partial charge in [-0.15, -0.1) is 0 Å². The molecule has 122 valence electrons. The number of halogens is 1. The van der Waals surface area contributed by atoms with Crippen molar-refractivity contribution >= 4 is 17.5 Å². The summed E-state index contributed by atoms with van der Waals surface area (Å²) in [6, 6.07) is 5.83. The Kier molecular flexibility index (Phi) is 6.68. The van der Waals surface area contributed by atoms with Crippen LogP contribution in [0.2, 0.25) is 5.02 Å². The van der Waals surface area contributed by atoms with Crippen LogP contribution in [0.15, 0.2) is 18.2 Å². The van der Waals surface area contributed by atoms with Crippen molar-refractivity contribution in [3.8, 4) is 0 Å². The number of aliphatic hydroxyl groups is 1. The van der Waals surface area contributed by atoms with Crippen LogP contribution in [0.4, 0.5) is 0 Å². The van der Waals surface area contributed by atoms with Crippen molar-refractivity contribution in [1.29, 1.82) is 0 Å². The molecule has 1 saturated heterocycles. The van der Waals surface area contributed by atoms with Crippen LogP contribution in [0, 0.1) is 6.92 Å². The number of unbranched alkanes of at least 4 members (excludes halogenated alkanes) is 1. The number of aryl methyl sites for hydroxylation is 1. The Bertz CT molecular complexity index is 507. The molecule has 0 aliphatic carbocycles. The molecule has 1 atom stereocenters. The maximum absolute atomic E-state index is 12.1. The first-order chi connectivity index (χ1) is 10.6. The first-order valence-corrected chi connectivity index (χ1v) is 8.39. The Morgan fingerprint density at radius 2 is 2.27 bits per heavy atom. The minimum Gasteiger partial charge on any atom is -0.395 e.